The van der Waals surface area contributed by atoms with E-state index >= 15 is 0 Å². The molecule has 0 heterocycles. The smallest absolute Gasteiger partial charge is 0.0329 e. The summed E-state index contributed by atoms with van der Waals surface area (Å²) in [6.45, 7) is 6.55. The molecular weight excluding hydrogens is 254 g/mol. The van der Waals surface area contributed by atoms with Gasteiger partial charge in [-0.1, -0.05) is 36.4 Å². The number of aryl methyl sites for hydroxylation is 4. The average molecular weight is 279 g/mol. The normalized spacial score (nSPS) is 19.1. The summed E-state index contributed by atoms with van der Waals surface area (Å²) in [5, 5.41) is 0. The van der Waals surface area contributed by atoms with Crippen LogP contribution in [-0.2, 0) is 12.8 Å². The summed E-state index contributed by atoms with van der Waals surface area (Å²) in [6.07, 6.45) is 3.48. The molecule has 0 aromatic heterocycles. The number of fused-ring (bicyclic) bond motifs is 1. The van der Waals surface area contributed by atoms with Gasteiger partial charge in [0.25, 0.3) is 0 Å². The lowest BCUT2D eigenvalue weighted by Gasteiger charge is -2.30. The zero-order chi connectivity index (χ0) is 15.0. The first kappa shape index (κ1) is 14.3. The van der Waals surface area contributed by atoms with Crippen molar-refractivity contribution in [2.24, 2.45) is 11.7 Å². The highest BCUT2D eigenvalue weighted by Gasteiger charge is 2.25. The molecule has 0 saturated carbocycles. The van der Waals surface area contributed by atoms with Crippen molar-refractivity contribution < 1.29 is 0 Å². The maximum atomic E-state index is 6.65. The van der Waals surface area contributed by atoms with Gasteiger partial charge in [-0.3, -0.25) is 0 Å². The van der Waals surface area contributed by atoms with Gasteiger partial charge in [0, 0.05) is 6.04 Å². The number of benzene rings is 2. The predicted octanol–water partition coefficient (Wildman–Crippen LogP) is 4.42. The highest BCUT2D eigenvalue weighted by atomic mass is 14.7. The molecule has 2 aromatic rings. The molecular formula is C20H25N. The fraction of sp³-hybridized carbons (Fsp3) is 0.400. The van der Waals surface area contributed by atoms with Crippen LogP contribution in [0.5, 0.6) is 0 Å². The molecule has 2 aromatic carbocycles. The maximum absolute atomic E-state index is 6.65. The Bertz CT molecular complexity index is 657. The van der Waals surface area contributed by atoms with Gasteiger partial charge in [0.1, 0.15) is 0 Å². The minimum atomic E-state index is 0.151. The van der Waals surface area contributed by atoms with Crippen molar-refractivity contribution in [2.75, 3.05) is 0 Å². The topological polar surface area (TPSA) is 26.0 Å². The second-order valence-corrected chi connectivity index (χ2v) is 6.59. The molecule has 0 saturated heterocycles. The summed E-state index contributed by atoms with van der Waals surface area (Å²) in [5.41, 5.74) is 15.0. The predicted molar refractivity (Wildman–Crippen MR) is 89.5 cm³/mol. The van der Waals surface area contributed by atoms with Gasteiger partial charge in [0.2, 0.25) is 0 Å². The molecule has 0 spiro atoms. The molecule has 110 valence electrons. The Morgan fingerprint density at radius 1 is 0.952 bits per heavy atom. The Morgan fingerprint density at radius 3 is 2.38 bits per heavy atom. The van der Waals surface area contributed by atoms with Crippen LogP contribution < -0.4 is 5.73 Å². The third-order valence-electron chi connectivity index (χ3n) is 5.13. The fourth-order valence-electron chi connectivity index (χ4n) is 3.63. The lowest BCUT2D eigenvalue weighted by molar-refractivity contribution is 0.381. The van der Waals surface area contributed by atoms with Crippen LogP contribution in [0.15, 0.2) is 36.4 Å². The minimum Gasteiger partial charge on any atom is -0.324 e. The monoisotopic (exact) mass is 279 g/mol. The second-order valence-electron chi connectivity index (χ2n) is 6.59. The molecule has 21 heavy (non-hydrogen) atoms. The van der Waals surface area contributed by atoms with Gasteiger partial charge in [-0.25, -0.2) is 0 Å². The first-order valence-electron chi connectivity index (χ1n) is 7.96. The van der Waals surface area contributed by atoms with Crippen molar-refractivity contribution in [1.82, 2.24) is 0 Å². The third kappa shape index (κ3) is 2.75. The zero-order valence-electron chi connectivity index (χ0n) is 13.3. The standard InChI is InChI=1S/C20H25N/c1-13-10-15(3)19(11-14(13)2)20(21)18-9-8-16-6-4-5-7-17(16)12-18/h4-7,10-11,18,20H,8-9,12,21H2,1-3H3. The summed E-state index contributed by atoms with van der Waals surface area (Å²) in [4.78, 5) is 0. The fourth-order valence-corrected chi connectivity index (χ4v) is 3.63. The number of rotatable bonds is 2. The molecule has 1 heteroatoms. The third-order valence-corrected chi connectivity index (χ3v) is 5.13. The number of hydrogen-bond donors (Lipinski definition) is 1. The zero-order valence-corrected chi connectivity index (χ0v) is 13.3. The summed E-state index contributed by atoms with van der Waals surface area (Å²) in [6, 6.07) is 13.6. The van der Waals surface area contributed by atoms with E-state index in [1.807, 2.05) is 0 Å². The van der Waals surface area contributed by atoms with Crippen molar-refractivity contribution in [2.45, 2.75) is 46.1 Å². The molecule has 1 nitrogen and oxygen atoms in total. The van der Waals surface area contributed by atoms with Crippen LogP contribution in [0.2, 0.25) is 0 Å². The van der Waals surface area contributed by atoms with Crippen LogP contribution in [0.3, 0.4) is 0 Å². The Hall–Kier alpha value is -1.60. The van der Waals surface area contributed by atoms with Crippen molar-refractivity contribution >= 4 is 0 Å². The summed E-state index contributed by atoms with van der Waals surface area (Å²) in [7, 11) is 0. The van der Waals surface area contributed by atoms with Gasteiger partial charge in [-0.05, 0) is 79.3 Å². The van der Waals surface area contributed by atoms with Crippen LogP contribution >= 0.6 is 0 Å². The van der Waals surface area contributed by atoms with Gasteiger partial charge in [-0.2, -0.15) is 0 Å². The molecule has 2 N–H and O–H groups in total. The van der Waals surface area contributed by atoms with E-state index in [1.165, 1.54) is 46.2 Å². The van der Waals surface area contributed by atoms with Gasteiger partial charge in [-0.15, -0.1) is 0 Å². The van der Waals surface area contributed by atoms with E-state index in [0.29, 0.717) is 5.92 Å². The Morgan fingerprint density at radius 2 is 1.62 bits per heavy atom. The van der Waals surface area contributed by atoms with E-state index in [0.717, 1.165) is 6.42 Å². The number of nitrogens with two attached hydrogens (primary N) is 1. The van der Waals surface area contributed by atoms with Crippen LogP contribution in [0, 0.1) is 26.7 Å². The average Bonchev–Trinajstić information content (AvgIpc) is 2.50. The van der Waals surface area contributed by atoms with Crippen LogP contribution in [0.4, 0.5) is 0 Å². The summed E-state index contributed by atoms with van der Waals surface area (Å²) < 4.78 is 0. The molecule has 2 atom stereocenters. The summed E-state index contributed by atoms with van der Waals surface area (Å²) in [5.74, 6) is 0.556. The Labute approximate surface area is 128 Å². The molecule has 1 aliphatic carbocycles. The molecule has 0 amide bonds. The lowest BCUT2D eigenvalue weighted by atomic mass is 9.77. The molecule has 2 unspecified atom stereocenters. The molecule has 0 radical (unpaired) electrons. The van der Waals surface area contributed by atoms with Crippen LogP contribution in [0.25, 0.3) is 0 Å². The molecule has 1 aliphatic rings. The van der Waals surface area contributed by atoms with E-state index in [2.05, 4.69) is 57.2 Å². The molecule has 0 bridgehead atoms. The van der Waals surface area contributed by atoms with E-state index < -0.39 is 0 Å². The maximum Gasteiger partial charge on any atom is 0.0329 e. The quantitative estimate of drug-likeness (QED) is 0.865. The van der Waals surface area contributed by atoms with Gasteiger partial charge >= 0.3 is 0 Å². The first-order valence-corrected chi connectivity index (χ1v) is 7.96. The van der Waals surface area contributed by atoms with Crippen LogP contribution in [0.1, 0.15) is 45.8 Å². The van der Waals surface area contributed by atoms with E-state index in [9.17, 15) is 0 Å². The molecule has 3 rings (SSSR count). The SMILES string of the molecule is Cc1cc(C)c(C(N)C2CCc3ccccc3C2)cc1C. The van der Waals surface area contributed by atoms with Crippen molar-refractivity contribution in [3.63, 3.8) is 0 Å². The van der Waals surface area contributed by atoms with E-state index in [1.54, 1.807) is 0 Å². The van der Waals surface area contributed by atoms with Crippen molar-refractivity contribution in [3.8, 4) is 0 Å². The highest BCUT2D eigenvalue weighted by molar-refractivity contribution is 5.39. The summed E-state index contributed by atoms with van der Waals surface area (Å²) >= 11 is 0. The highest BCUT2D eigenvalue weighted by Crippen LogP contribution is 2.34. The van der Waals surface area contributed by atoms with E-state index in [-0.39, 0.29) is 6.04 Å². The Kier molecular flexibility index (Phi) is 3.86. The van der Waals surface area contributed by atoms with Crippen molar-refractivity contribution in [3.05, 3.63) is 69.8 Å². The molecule has 0 aliphatic heterocycles. The van der Waals surface area contributed by atoms with Crippen molar-refractivity contribution in [1.29, 1.82) is 0 Å². The number of hydrogen-bond acceptors (Lipinski definition) is 1. The lowest BCUT2D eigenvalue weighted by Crippen LogP contribution is -2.27. The van der Waals surface area contributed by atoms with E-state index in [4.69, 9.17) is 5.73 Å². The Balaban J connectivity index is 1.87. The molecule has 0 fully saturated rings. The second kappa shape index (κ2) is 5.65. The largest absolute Gasteiger partial charge is 0.324 e. The van der Waals surface area contributed by atoms with Gasteiger partial charge < -0.3 is 5.73 Å². The van der Waals surface area contributed by atoms with Gasteiger partial charge in [0.15, 0.2) is 0 Å². The minimum absolute atomic E-state index is 0.151. The van der Waals surface area contributed by atoms with Gasteiger partial charge in [0.05, 0.1) is 0 Å². The first-order chi connectivity index (χ1) is 10.1. The van der Waals surface area contributed by atoms with Crippen LogP contribution in [-0.4, -0.2) is 0 Å².